The van der Waals surface area contributed by atoms with Crippen molar-refractivity contribution in [3.63, 3.8) is 0 Å². The molecule has 1 radical (unpaired) electrons. The Morgan fingerprint density at radius 2 is 0.750 bits per heavy atom. The zero-order valence-electron chi connectivity index (χ0n) is 1.39. The van der Waals surface area contributed by atoms with Crippen LogP contribution in [0.5, 0.6) is 0 Å². The van der Waals surface area contributed by atoms with Crippen LogP contribution in [0.2, 0.25) is 0 Å². The third kappa shape index (κ3) is 8.84. The van der Waals surface area contributed by atoms with Gasteiger partial charge in [0.25, 0.3) is 0 Å². The molecule has 0 aromatic carbocycles. The molecule has 0 aliphatic heterocycles. The van der Waals surface area contributed by atoms with Crippen molar-refractivity contribution in [2.75, 3.05) is 0 Å². The molecule has 0 unspecified atom stereocenters. The van der Waals surface area contributed by atoms with Crippen molar-refractivity contribution in [2.24, 2.45) is 0 Å². The van der Waals surface area contributed by atoms with Gasteiger partial charge in [-0.15, -0.1) is 24.8 Å². The molecule has 0 aromatic rings. The van der Waals surface area contributed by atoms with Crippen LogP contribution in [0.1, 0.15) is 0 Å². The average molecular weight is 236 g/mol. The van der Waals surface area contributed by atoms with Gasteiger partial charge in [0.15, 0.2) is 0 Å². The summed E-state index contributed by atoms with van der Waals surface area (Å²) in [5.41, 5.74) is 0. The molecular weight excluding hydrogens is 233 g/mol. The van der Waals surface area contributed by atoms with Gasteiger partial charge >= 0.3 is 29.6 Å². The second kappa shape index (κ2) is 17.1. The molecular formula is H3Cl2LaNa. The summed E-state index contributed by atoms with van der Waals surface area (Å²) in [6.45, 7) is 0. The Hall–Kier alpha value is 2.77. The number of halogens is 2. The second-order valence-corrected chi connectivity index (χ2v) is 0. The topological polar surface area (TPSA) is 0 Å². The molecule has 0 saturated heterocycles. The van der Waals surface area contributed by atoms with Crippen molar-refractivity contribution >= 4 is 54.4 Å². The molecule has 0 nitrogen and oxygen atoms in total. The van der Waals surface area contributed by atoms with E-state index in [9.17, 15) is 0 Å². The number of rotatable bonds is 0. The van der Waals surface area contributed by atoms with Crippen molar-refractivity contribution < 1.29 is 35.6 Å². The zero-order valence-corrected chi connectivity index (χ0v) is 6.65. The maximum atomic E-state index is 0. The van der Waals surface area contributed by atoms with Gasteiger partial charge < -0.3 is 0 Å². The van der Waals surface area contributed by atoms with E-state index in [0.29, 0.717) is 0 Å². The molecule has 0 spiro atoms. The fraction of sp³-hybridized carbons (Fsp3) is 0. The van der Waals surface area contributed by atoms with E-state index in [4.69, 9.17) is 0 Å². The zero-order chi connectivity index (χ0) is 0. The number of hydrogen-bond donors (Lipinski definition) is 0. The van der Waals surface area contributed by atoms with Crippen LogP contribution in [0.3, 0.4) is 0 Å². The quantitative estimate of drug-likeness (QED) is 0.527. The van der Waals surface area contributed by atoms with Crippen molar-refractivity contribution in [3.8, 4) is 0 Å². The van der Waals surface area contributed by atoms with Crippen LogP contribution in [-0.2, 0) is 0 Å². The molecule has 0 aliphatic rings. The summed E-state index contributed by atoms with van der Waals surface area (Å²) in [7, 11) is 0. The fourth-order valence-corrected chi connectivity index (χ4v) is 0. The molecule has 0 bridgehead atoms. The maximum absolute atomic E-state index is 0. The first-order chi connectivity index (χ1) is 0. The first-order valence-corrected chi connectivity index (χ1v) is 0. The molecule has 0 rings (SSSR count). The SMILES string of the molecule is Cl.Cl.[La].[NaH]. The van der Waals surface area contributed by atoms with Crippen molar-refractivity contribution in [1.29, 1.82) is 0 Å². The van der Waals surface area contributed by atoms with Gasteiger partial charge in [-0.25, -0.2) is 0 Å². The third-order valence-electron chi connectivity index (χ3n) is 0. The molecule has 0 saturated carbocycles. The molecule has 0 fully saturated rings. The van der Waals surface area contributed by atoms with Gasteiger partial charge in [0.05, 0.1) is 0 Å². The summed E-state index contributed by atoms with van der Waals surface area (Å²) in [5, 5.41) is 0. The molecule has 0 atom stereocenters. The Labute approximate surface area is 88.2 Å². The van der Waals surface area contributed by atoms with Gasteiger partial charge in [-0.05, 0) is 0 Å². The summed E-state index contributed by atoms with van der Waals surface area (Å²) >= 11 is 0. The van der Waals surface area contributed by atoms with E-state index in [1.165, 1.54) is 0 Å². The van der Waals surface area contributed by atoms with E-state index in [-0.39, 0.29) is 90.0 Å². The van der Waals surface area contributed by atoms with Crippen molar-refractivity contribution in [1.82, 2.24) is 0 Å². The molecule has 0 amide bonds. The van der Waals surface area contributed by atoms with Crippen LogP contribution in [0.15, 0.2) is 0 Å². The monoisotopic (exact) mass is 235 g/mol. The standard InChI is InChI=1S/2ClH.La.Na.H/h2*1H;;;. The van der Waals surface area contributed by atoms with Crippen LogP contribution in [0.4, 0.5) is 0 Å². The molecule has 0 N–H and O–H groups in total. The minimum absolute atomic E-state index is 0. The van der Waals surface area contributed by atoms with Gasteiger partial charge in [-0.2, -0.15) is 0 Å². The van der Waals surface area contributed by atoms with E-state index >= 15 is 0 Å². The third-order valence-corrected chi connectivity index (χ3v) is 0. The van der Waals surface area contributed by atoms with Gasteiger partial charge in [-0.1, -0.05) is 0 Å². The normalized spacial score (nSPS) is 0. The van der Waals surface area contributed by atoms with Crippen LogP contribution in [0.25, 0.3) is 0 Å². The Morgan fingerprint density at radius 3 is 0.750 bits per heavy atom. The Bertz CT molecular complexity index is 6.00. The summed E-state index contributed by atoms with van der Waals surface area (Å²) in [6, 6.07) is 0. The van der Waals surface area contributed by atoms with E-state index in [0.717, 1.165) is 0 Å². The second-order valence-electron chi connectivity index (χ2n) is 0. The summed E-state index contributed by atoms with van der Waals surface area (Å²) < 4.78 is 0. The van der Waals surface area contributed by atoms with Crippen LogP contribution >= 0.6 is 24.8 Å². The summed E-state index contributed by atoms with van der Waals surface area (Å²) in [5.74, 6) is 0. The summed E-state index contributed by atoms with van der Waals surface area (Å²) in [4.78, 5) is 0. The molecule has 0 aliphatic carbocycles. The Morgan fingerprint density at radius 1 is 0.750 bits per heavy atom. The van der Waals surface area contributed by atoms with E-state index in [2.05, 4.69) is 0 Å². The number of hydrogen-bond acceptors (Lipinski definition) is 0. The van der Waals surface area contributed by atoms with Gasteiger partial charge in [0.2, 0.25) is 0 Å². The van der Waals surface area contributed by atoms with Gasteiger partial charge in [0.1, 0.15) is 0 Å². The van der Waals surface area contributed by atoms with Gasteiger partial charge in [-0.3, -0.25) is 0 Å². The first-order valence-electron chi connectivity index (χ1n) is 0. The average Bonchev–Trinajstić information content (AvgIpc) is 0. The predicted octanol–water partition coefficient (Wildman–Crippen LogP) is 0.195. The summed E-state index contributed by atoms with van der Waals surface area (Å²) in [6.07, 6.45) is 0. The van der Waals surface area contributed by atoms with Crippen molar-refractivity contribution in [2.45, 2.75) is 0 Å². The van der Waals surface area contributed by atoms with Crippen LogP contribution in [0, 0.1) is 35.6 Å². The minimum atomic E-state index is 0. The Balaban J connectivity index is 0. The molecule has 4 heteroatoms. The van der Waals surface area contributed by atoms with Crippen molar-refractivity contribution in [3.05, 3.63) is 0 Å². The Kier molecular flexibility index (Phi) is 125. The molecule has 0 heterocycles. The van der Waals surface area contributed by atoms with Gasteiger partial charge in [0, 0.05) is 35.6 Å². The van der Waals surface area contributed by atoms with E-state index < -0.39 is 0 Å². The van der Waals surface area contributed by atoms with E-state index in [1.807, 2.05) is 0 Å². The first kappa shape index (κ1) is 29.3. The van der Waals surface area contributed by atoms with E-state index in [1.54, 1.807) is 0 Å². The van der Waals surface area contributed by atoms with Crippen LogP contribution in [-0.4, -0.2) is 29.6 Å². The molecule has 21 valence electrons. The molecule has 4 heavy (non-hydrogen) atoms. The predicted molar refractivity (Wildman–Crippen MR) is 21.6 cm³/mol. The molecule has 0 aromatic heterocycles. The van der Waals surface area contributed by atoms with Crippen LogP contribution < -0.4 is 0 Å². The fourth-order valence-electron chi connectivity index (χ4n) is 0.